The van der Waals surface area contributed by atoms with Gasteiger partial charge in [0.25, 0.3) is 5.91 Å². The molecular weight excluding hydrogens is 412 g/mol. The molecule has 3 aromatic rings. The third-order valence-electron chi connectivity index (χ3n) is 3.88. The number of nitrogens with one attached hydrogen (secondary N) is 1. The lowest BCUT2D eigenvalue weighted by Crippen LogP contribution is -2.23. The van der Waals surface area contributed by atoms with Crippen LogP contribution in [0.25, 0.3) is 0 Å². The average Bonchev–Trinajstić information content (AvgIpc) is 2.73. The summed E-state index contributed by atoms with van der Waals surface area (Å²) in [4.78, 5) is 16.8. The smallest absolute Gasteiger partial charge is 0.253 e. The minimum Gasteiger partial charge on any atom is -0.439 e. The Hall–Kier alpha value is -3.25. The zero-order valence-corrected chi connectivity index (χ0v) is 16.5. The fraction of sp³-hybridized carbons (Fsp3) is 0.0500. The number of nitriles is 1. The van der Waals surface area contributed by atoms with Crippen molar-refractivity contribution in [3.05, 3.63) is 82.5 Å². The van der Waals surface area contributed by atoms with Crippen molar-refractivity contribution < 1.29 is 13.7 Å². The van der Waals surface area contributed by atoms with Crippen molar-refractivity contribution in [2.45, 2.75) is 11.4 Å². The summed E-state index contributed by atoms with van der Waals surface area (Å²) in [7, 11) is -1.62. The van der Waals surface area contributed by atoms with E-state index in [1.807, 2.05) is 6.07 Å². The Balaban J connectivity index is 1.62. The van der Waals surface area contributed by atoms with E-state index in [1.54, 1.807) is 48.5 Å². The predicted molar refractivity (Wildman–Crippen MR) is 109 cm³/mol. The number of carbonyl (C=O) groups is 1. The highest BCUT2D eigenvalue weighted by Crippen LogP contribution is 2.21. The number of hydrogen-bond donors (Lipinski definition) is 2. The number of carbonyl (C=O) groups excluding carboxylic acids is 1. The molecule has 0 saturated heterocycles. The maximum absolute atomic E-state index is 12.3. The van der Waals surface area contributed by atoms with Crippen LogP contribution in [0.3, 0.4) is 0 Å². The number of rotatable bonds is 6. The van der Waals surface area contributed by atoms with Crippen LogP contribution in [0.4, 0.5) is 0 Å². The predicted octanol–water partition coefficient (Wildman–Crippen LogP) is 3.31. The van der Waals surface area contributed by atoms with Crippen molar-refractivity contribution in [1.82, 2.24) is 10.3 Å². The first-order valence-electron chi connectivity index (χ1n) is 8.33. The van der Waals surface area contributed by atoms with E-state index < -0.39 is 11.0 Å². The van der Waals surface area contributed by atoms with E-state index in [4.69, 9.17) is 26.7 Å². The van der Waals surface area contributed by atoms with E-state index in [0.717, 1.165) is 0 Å². The highest BCUT2D eigenvalue weighted by atomic mass is 35.5. The van der Waals surface area contributed by atoms with Crippen LogP contribution >= 0.6 is 11.6 Å². The summed E-state index contributed by atoms with van der Waals surface area (Å²) in [5, 5.41) is 17.3. The molecule has 29 heavy (non-hydrogen) atoms. The number of hydrogen-bond acceptors (Lipinski definition) is 5. The highest BCUT2D eigenvalue weighted by Gasteiger charge is 2.10. The number of amides is 1. The van der Waals surface area contributed by atoms with Gasteiger partial charge in [-0.25, -0.2) is 14.3 Å². The molecule has 1 atom stereocenters. The number of aromatic nitrogens is 1. The van der Waals surface area contributed by atoms with Crippen molar-refractivity contribution in [3.63, 3.8) is 0 Å². The fourth-order valence-corrected chi connectivity index (χ4v) is 3.15. The highest BCUT2D eigenvalue weighted by molar-refractivity contribution is 7.82. The number of halogens is 1. The van der Waals surface area contributed by atoms with Crippen molar-refractivity contribution >= 4 is 28.5 Å². The molecule has 0 aliphatic rings. The van der Waals surface area contributed by atoms with E-state index in [9.17, 15) is 9.00 Å². The van der Waals surface area contributed by atoms with Crippen molar-refractivity contribution in [1.29, 1.82) is 5.26 Å². The Kier molecular flexibility index (Phi) is 6.57. The molecule has 0 spiro atoms. The van der Waals surface area contributed by atoms with Crippen molar-refractivity contribution in [2.75, 3.05) is 0 Å². The lowest BCUT2D eigenvalue weighted by molar-refractivity contribution is 0.0950. The first-order valence-corrected chi connectivity index (χ1v) is 9.92. The van der Waals surface area contributed by atoms with Crippen molar-refractivity contribution in [2.24, 2.45) is 5.14 Å². The van der Waals surface area contributed by atoms with Crippen LogP contribution in [-0.2, 0) is 17.5 Å². The van der Waals surface area contributed by atoms with E-state index in [2.05, 4.69) is 10.3 Å². The average molecular weight is 427 g/mol. The monoisotopic (exact) mass is 426 g/mol. The number of pyridine rings is 1. The Labute approximate surface area is 174 Å². The van der Waals surface area contributed by atoms with Gasteiger partial charge in [-0.2, -0.15) is 5.26 Å². The zero-order valence-electron chi connectivity index (χ0n) is 15.0. The second kappa shape index (κ2) is 9.30. The molecule has 0 aliphatic heterocycles. The Morgan fingerprint density at radius 3 is 2.72 bits per heavy atom. The second-order valence-electron chi connectivity index (χ2n) is 5.86. The maximum Gasteiger partial charge on any atom is 0.253 e. The minimum absolute atomic E-state index is 0.189. The van der Waals surface area contributed by atoms with Crippen LogP contribution in [0.15, 0.2) is 65.7 Å². The fourth-order valence-electron chi connectivity index (χ4n) is 2.40. The topological polar surface area (TPSA) is 118 Å². The molecular formula is C20H15ClN4O3S. The molecule has 2 aromatic carbocycles. The van der Waals surface area contributed by atoms with Gasteiger partial charge in [-0.3, -0.25) is 4.79 Å². The molecule has 1 heterocycles. The third kappa shape index (κ3) is 5.39. The summed E-state index contributed by atoms with van der Waals surface area (Å²) < 4.78 is 16.8. The van der Waals surface area contributed by atoms with E-state index in [0.29, 0.717) is 38.2 Å². The van der Waals surface area contributed by atoms with Gasteiger partial charge in [-0.1, -0.05) is 23.7 Å². The van der Waals surface area contributed by atoms with Gasteiger partial charge in [0.1, 0.15) is 16.7 Å². The summed E-state index contributed by atoms with van der Waals surface area (Å²) in [6, 6.07) is 16.6. The summed E-state index contributed by atoms with van der Waals surface area (Å²) in [5.74, 6) is 0.438. The molecule has 0 saturated carbocycles. The minimum atomic E-state index is -1.62. The molecule has 0 fully saturated rings. The largest absolute Gasteiger partial charge is 0.439 e. The molecule has 1 amide bonds. The van der Waals surface area contributed by atoms with Crippen LogP contribution in [0.1, 0.15) is 21.5 Å². The van der Waals surface area contributed by atoms with Gasteiger partial charge in [0.15, 0.2) is 0 Å². The van der Waals surface area contributed by atoms with Crippen LogP contribution < -0.4 is 15.2 Å². The van der Waals surface area contributed by atoms with E-state index in [-0.39, 0.29) is 12.5 Å². The standard InChI is InChI=1S/C20H15ClN4O3S/c21-18-9-17(29(23)27)6-4-14(18)11-25-20(26)15-5-7-19(24-12-15)28-16-3-1-2-13(8-16)10-22/h1-9,12H,11,23H2,(H,25,26). The normalized spacial score (nSPS) is 11.3. The summed E-state index contributed by atoms with van der Waals surface area (Å²) in [6.45, 7) is 0.189. The molecule has 1 aromatic heterocycles. The van der Waals surface area contributed by atoms with Gasteiger partial charge in [0.05, 0.1) is 22.1 Å². The zero-order chi connectivity index (χ0) is 20.8. The number of nitrogens with two attached hydrogens (primary N) is 1. The van der Waals surface area contributed by atoms with Gasteiger partial charge in [0.2, 0.25) is 5.88 Å². The molecule has 1 unspecified atom stereocenters. The van der Waals surface area contributed by atoms with Gasteiger partial charge < -0.3 is 10.1 Å². The quantitative estimate of drug-likeness (QED) is 0.626. The van der Waals surface area contributed by atoms with Gasteiger partial charge in [-0.15, -0.1) is 0 Å². The molecule has 3 rings (SSSR count). The summed E-state index contributed by atoms with van der Waals surface area (Å²) >= 11 is 6.13. The van der Waals surface area contributed by atoms with Crippen LogP contribution in [-0.4, -0.2) is 15.1 Å². The Morgan fingerprint density at radius 1 is 1.24 bits per heavy atom. The van der Waals surface area contributed by atoms with Gasteiger partial charge in [-0.05, 0) is 42.0 Å². The number of ether oxygens (including phenoxy) is 1. The molecule has 0 radical (unpaired) electrons. The first kappa shape index (κ1) is 20.5. The van der Waals surface area contributed by atoms with Gasteiger partial charge in [0, 0.05) is 23.8 Å². The van der Waals surface area contributed by atoms with Crippen LogP contribution in [0.2, 0.25) is 5.02 Å². The van der Waals surface area contributed by atoms with Crippen LogP contribution in [0.5, 0.6) is 11.6 Å². The Bertz CT molecular complexity index is 1110. The maximum atomic E-state index is 12.3. The third-order valence-corrected chi connectivity index (χ3v) is 4.95. The molecule has 0 aliphatic carbocycles. The molecule has 9 heteroatoms. The van der Waals surface area contributed by atoms with E-state index in [1.165, 1.54) is 12.3 Å². The second-order valence-corrected chi connectivity index (χ2v) is 7.33. The first-order chi connectivity index (χ1) is 14.0. The van der Waals surface area contributed by atoms with Crippen LogP contribution in [0, 0.1) is 11.3 Å². The summed E-state index contributed by atoms with van der Waals surface area (Å²) in [6.07, 6.45) is 1.39. The molecule has 146 valence electrons. The lowest BCUT2D eigenvalue weighted by Gasteiger charge is -2.09. The van der Waals surface area contributed by atoms with Crippen molar-refractivity contribution in [3.8, 4) is 17.7 Å². The SMILES string of the molecule is N#Cc1cccc(Oc2ccc(C(=O)NCc3ccc(S(N)=O)cc3Cl)cn2)c1. The van der Waals surface area contributed by atoms with Gasteiger partial charge >= 0.3 is 0 Å². The lowest BCUT2D eigenvalue weighted by atomic mass is 10.2. The molecule has 0 bridgehead atoms. The Morgan fingerprint density at radius 2 is 2.07 bits per heavy atom. The van der Waals surface area contributed by atoms with E-state index >= 15 is 0 Å². The molecule has 3 N–H and O–H groups in total. The summed E-state index contributed by atoms with van der Waals surface area (Å²) in [5.41, 5.74) is 1.49. The number of benzene rings is 2. The number of nitrogens with zero attached hydrogens (tertiary/aromatic N) is 2. The molecule has 7 nitrogen and oxygen atoms in total.